The van der Waals surface area contributed by atoms with Crippen molar-refractivity contribution in [2.24, 2.45) is 0 Å². The van der Waals surface area contributed by atoms with Gasteiger partial charge in [-0.1, -0.05) is 0 Å². The molecule has 0 bridgehead atoms. The van der Waals surface area contributed by atoms with Gasteiger partial charge in [-0.15, -0.1) is 0 Å². The van der Waals surface area contributed by atoms with Crippen molar-refractivity contribution in [3.8, 4) is 6.07 Å². The van der Waals surface area contributed by atoms with Crippen LogP contribution in [0, 0.1) is 11.3 Å². The second-order valence-electron chi connectivity index (χ2n) is 5.41. The molecular weight excluding hydrogens is 226 g/mol. The van der Waals surface area contributed by atoms with E-state index in [0.29, 0.717) is 18.8 Å². The van der Waals surface area contributed by atoms with Gasteiger partial charge in [-0.3, -0.25) is 0 Å². The van der Waals surface area contributed by atoms with Gasteiger partial charge in [0, 0.05) is 25.4 Å². The minimum absolute atomic E-state index is 0.0654. The summed E-state index contributed by atoms with van der Waals surface area (Å²) in [5.74, 6) is 0.436. The number of rotatable bonds is 3. The summed E-state index contributed by atoms with van der Waals surface area (Å²) in [6, 6.07) is 6.16. The molecule has 1 aromatic heterocycles. The normalized spacial score (nSPS) is 22.4. The zero-order valence-corrected chi connectivity index (χ0v) is 11.0. The Bertz CT molecular complexity index is 433. The third kappa shape index (κ3) is 3.27. The van der Waals surface area contributed by atoms with Crippen LogP contribution in [0.1, 0.15) is 50.4 Å². The predicted molar refractivity (Wildman–Crippen MR) is 68.0 cm³/mol. The number of aryl methyl sites for hydroxylation is 1. The molecule has 2 rings (SSSR count). The summed E-state index contributed by atoms with van der Waals surface area (Å²) in [5, 5.41) is 17.0. The Balaban J connectivity index is 2.03. The molecule has 1 saturated heterocycles. The molecule has 1 atom stereocenters. The molecule has 1 aliphatic heterocycles. The third-order valence-electron chi connectivity index (χ3n) is 3.35. The highest BCUT2D eigenvalue weighted by Gasteiger charge is 2.30. The number of aromatic nitrogens is 2. The van der Waals surface area contributed by atoms with Gasteiger partial charge >= 0.3 is 0 Å². The second kappa shape index (κ2) is 5.45. The lowest BCUT2D eigenvalue weighted by Crippen LogP contribution is -2.33. The van der Waals surface area contributed by atoms with Crippen LogP contribution >= 0.6 is 0 Å². The molecule has 2 heterocycles. The van der Waals surface area contributed by atoms with Gasteiger partial charge in [-0.05, 0) is 38.8 Å². The van der Waals surface area contributed by atoms with Crippen LogP contribution in [-0.2, 0) is 11.2 Å². The standard InChI is InChI=1S/C14H19N3O/c1-14(2)10-11(7-9-18-14)13-6-5-12(16-17-13)4-3-8-15/h5-6,11H,3-4,7,9-10H2,1-2H3. The van der Waals surface area contributed by atoms with E-state index in [2.05, 4.69) is 30.1 Å². The molecule has 0 aromatic carbocycles. The summed E-state index contributed by atoms with van der Waals surface area (Å²) in [5.41, 5.74) is 1.88. The fraction of sp³-hybridized carbons (Fsp3) is 0.643. The monoisotopic (exact) mass is 245 g/mol. The first-order valence-corrected chi connectivity index (χ1v) is 6.44. The van der Waals surface area contributed by atoms with E-state index in [9.17, 15) is 0 Å². The van der Waals surface area contributed by atoms with Gasteiger partial charge in [-0.25, -0.2) is 0 Å². The summed E-state index contributed by atoms with van der Waals surface area (Å²) >= 11 is 0. The summed E-state index contributed by atoms with van der Waals surface area (Å²) in [7, 11) is 0. The van der Waals surface area contributed by atoms with Crippen molar-refractivity contribution in [1.82, 2.24) is 10.2 Å². The first-order chi connectivity index (χ1) is 8.61. The van der Waals surface area contributed by atoms with Crippen LogP contribution in [0.3, 0.4) is 0 Å². The summed E-state index contributed by atoms with van der Waals surface area (Å²) in [6.07, 6.45) is 3.18. The highest BCUT2D eigenvalue weighted by molar-refractivity contribution is 5.13. The summed E-state index contributed by atoms with van der Waals surface area (Å²) in [6.45, 7) is 5.03. The maximum absolute atomic E-state index is 8.53. The lowest BCUT2D eigenvalue weighted by atomic mass is 9.86. The molecule has 4 nitrogen and oxygen atoms in total. The van der Waals surface area contributed by atoms with E-state index in [-0.39, 0.29) is 5.60 Å². The quantitative estimate of drug-likeness (QED) is 0.821. The van der Waals surface area contributed by atoms with E-state index in [0.717, 1.165) is 30.8 Å². The number of nitriles is 1. The predicted octanol–water partition coefficient (Wildman–Crippen LogP) is 2.61. The zero-order chi connectivity index (χ0) is 13.0. The molecule has 0 saturated carbocycles. The van der Waals surface area contributed by atoms with Crippen molar-refractivity contribution in [1.29, 1.82) is 5.26 Å². The van der Waals surface area contributed by atoms with Gasteiger partial charge in [0.15, 0.2) is 0 Å². The molecule has 4 heteroatoms. The molecule has 1 unspecified atom stereocenters. The lowest BCUT2D eigenvalue weighted by Gasteiger charge is -2.35. The average Bonchev–Trinajstić information content (AvgIpc) is 2.36. The molecule has 18 heavy (non-hydrogen) atoms. The first-order valence-electron chi connectivity index (χ1n) is 6.44. The van der Waals surface area contributed by atoms with E-state index < -0.39 is 0 Å². The SMILES string of the molecule is CC1(C)CC(c2ccc(CCC#N)nn2)CCO1. The van der Waals surface area contributed by atoms with Gasteiger partial charge < -0.3 is 4.74 Å². The Morgan fingerprint density at radius 2 is 2.28 bits per heavy atom. The van der Waals surface area contributed by atoms with Gasteiger partial charge in [0.05, 0.1) is 23.1 Å². The lowest BCUT2D eigenvalue weighted by molar-refractivity contribution is -0.0598. The fourth-order valence-corrected chi connectivity index (χ4v) is 2.39. The van der Waals surface area contributed by atoms with E-state index in [1.54, 1.807) is 0 Å². The Labute approximate surface area is 108 Å². The number of ether oxygens (including phenoxy) is 1. The molecular formula is C14H19N3O. The van der Waals surface area contributed by atoms with Gasteiger partial charge in [-0.2, -0.15) is 15.5 Å². The number of nitrogens with zero attached hydrogens (tertiary/aromatic N) is 3. The highest BCUT2D eigenvalue weighted by atomic mass is 16.5. The van der Waals surface area contributed by atoms with Crippen LogP contribution in [0.4, 0.5) is 0 Å². The molecule has 0 amide bonds. The summed E-state index contributed by atoms with van der Waals surface area (Å²) < 4.78 is 5.71. The molecule has 1 aliphatic rings. The van der Waals surface area contributed by atoms with Crippen LogP contribution in [0.15, 0.2) is 12.1 Å². The molecule has 1 fully saturated rings. The van der Waals surface area contributed by atoms with Crippen molar-refractivity contribution in [3.05, 3.63) is 23.5 Å². The van der Waals surface area contributed by atoms with Crippen LogP contribution in [0.2, 0.25) is 0 Å². The third-order valence-corrected chi connectivity index (χ3v) is 3.35. The minimum atomic E-state index is -0.0654. The van der Waals surface area contributed by atoms with E-state index in [1.807, 2.05) is 12.1 Å². The van der Waals surface area contributed by atoms with E-state index in [4.69, 9.17) is 10.00 Å². The molecule has 1 aromatic rings. The van der Waals surface area contributed by atoms with Crippen LogP contribution in [0.25, 0.3) is 0 Å². The van der Waals surface area contributed by atoms with Gasteiger partial charge in [0.2, 0.25) is 0 Å². The highest BCUT2D eigenvalue weighted by Crippen LogP contribution is 2.34. The average molecular weight is 245 g/mol. The second-order valence-corrected chi connectivity index (χ2v) is 5.41. The minimum Gasteiger partial charge on any atom is -0.376 e. The first kappa shape index (κ1) is 13.0. The maximum atomic E-state index is 8.53. The topological polar surface area (TPSA) is 58.8 Å². The van der Waals surface area contributed by atoms with Crippen molar-refractivity contribution >= 4 is 0 Å². The number of hydrogen-bond donors (Lipinski definition) is 0. The molecule has 0 aliphatic carbocycles. The maximum Gasteiger partial charge on any atom is 0.0664 e. The summed E-state index contributed by atoms with van der Waals surface area (Å²) in [4.78, 5) is 0. The van der Waals surface area contributed by atoms with Crippen molar-refractivity contribution in [3.63, 3.8) is 0 Å². The smallest absolute Gasteiger partial charge is 0.0664 e. The number of hydrogen-bond acceptors (Lipinski definition) is 4. The van der Waals surface area contributed by atoms with Crippen LogP contribution in [0.5, 0.6) is 0 Å². The Morgan fingerprint density at radius 3 is 2.89 bits per heavy atom. The molecule has 0 spiro atoms. The van der Waals surface area contributed by atoms with Crippen molar-refractivity contribution in [2.45, 2.75) is 51.0 Å². The van der Waals surface area contributed by atoms with Crippen molar-refractivity contribution in [2.75, 3.05) is 6.61 Å². The Kier molecular flexibility index (Phi) is 3.93. The molecule has 0 radical (unpaired) electrons. The molecule has 96 valence electrons. The van der Waals surface area contributed by atoms with Crippen molar-refractivity contribution < 1.29 is 4.74 Å². The van der Waals surface area contributed by atoms with Crippen LogP contribution < -0.4 is 0 Å². The van der Waals surface area contributed by atoms with E-state index >= 15 is 0 Å². The van der Waals surface area contributed by atoms with E-state index in [1.165, 1.54) is 0 Å². The van der Waals surface area contributed by atoms with Gasteiger partial charge in [0.25, 0.3) is 0 Å². The molecule has 0 N–H and O–H groups in total. The Hall–Kier alpha value is -1.47. The zero-order valence-electron chi connectivity index (χ0n) is 11.0. The Morgan fingerprint density at radius 1 is 1.44 bits per heavy atom. The van der Waals surface area contributed by atoms with Crippen LogP contribution in [-0.4, -0.2) is 22.4 Å². The fourth-order valence-electron chi connectivity index (χ4n) is 2.39. The van der Waals surface area contributed by atoms with Gasteiger partial charge in [0.1, 0.15) is 0 Å². The largest absolute Gasteiger partial charge is 0.376 e.